The molecule has 0 aromatic carbocycles. The smallest absolute Gasteiger partial charge is 0.255 e. The second kappa shape index (κ2) is 2.66. The molecule has 0 aliphatic carbocycles. The van der Waals surface area contributed by atoms with Crippen LogP contribution in [0.1, 0.15) is 28.1 Å². The van der Waals surface area contributed by atoms with Crippen LogP contribution in [0.2, 0.25) is 0 Å². The minimum atomic E-state index is 0.00810. The summed E-state index contributed by atoms with van der Waals surface area (Å²) < 4.78 is 5.28. The summed E-state index contributed by atoms with van der Waals surface area (Å²) in [6.07, 6.45) is 3.48. The molecule has 12 heavy (non-hydrogen) atoms. The molecule has 0 saturated carbocycles. The van der Waals surface area contributed by atoms with Crippen LogP contribution in [0.15, 0.2) is 10.7 Å². The highest BCUT2D eigenvalue weighted by Gasteiger charge is 2.20. The van der Waals surface area contributed by atoms with Gasteiger partial charge in [-0.05, 0) is 13.3 Å². The molecule has 1 aromatic rings. The van der Waals surface area contributed by atoms with E-state index in [4.69, 9.17) is 4.42 Å². The normalized spacial score (nSPS) is 16.6. The molecule has 0 spiro atoms. The number of nitrogens with one attached hydrogen (secondary N) is 1. The minimum Gasteiger partial charge on any atom is -0.468 e. The fourth-order valence-corrected chi connectivity index (χ4v) is 1.53. The maximum atomic E-state index is 11.4. The minimum absolute atomic E-state index is 0.00810. The molecule has 2 rings (SSSR count). The topological polar surface area (TPSA) is 42.2 Å². The number of amides is 1. The molecule has 1 aromatic heterocycles. The van der Waals surface area contributed by atoms with Crippen molar-refractivity contribution in [2.45, 2.75) is 19.8 Å². The zero-order valence-corrected chi connectivity index (χ0v) is 7.02. The third kappa shape index (κ3) is 1.02. The zero-order chi connectivity index (χ0) is 8.55. The molecule has 64 valence electrons. The second-order valence-corrected chi connectivity index (χ2v) is 3.08. The molecule has 1 N–H and O–H groups in total. The number of aryl methyl sites for hydroxylation is 2. The van der Waals surface area contributed by atoms with Crippen molar-refractivity contribution >= 4 is 5.91 Å². The lowest BCUT2D eigenvalue weighted by molar-refractivity contribution is 0.0955. The van der Waals surface area contributed by atoms with E-state index in [9.17, 15) is 4.79 Å². The van der Waals surface area contributed by atoms with Crippen molar-refractivity contribution in [2.75, 3.05) is 6.54 Å². The van der Waals surface area contributed by atoms with Gasteiger partial charge in [0, 0.05) is 18.5 Å². The van der Waals surface area contributed by atoms with E-state index in [0.717, 1.165) is 36.3 Å². The van der Waals surface area contributed by atoms with E-state index in [2.05, 4.69) is 5.32 Å². The van der Waals surface area contributed by atoms with E-state index in [1.807, 2.05) is 6.92 Å². The Morgan fingerprint density at radius 1 is 1.58 bits per heavy atom. The van der Waals surface area contributed by atoms with Gasteiger partial charge in [-0.2, -0.15) is 0 Å². The van der Waals surface area contributed by atoms with Gasteiger partial charge < -0.3 is 9.73 Å². The van der Waals surface area contributed by atoms with Gasteiger partial charge in [-0.15, -0.1) is 0 Å². The summed E-state index contributed by atoms with van der Waals surface area (Å²) in [5.41, 5.74) is 1.68. The van der Waals surface area contributed by atoms with Crippen LogP contribution in [0, 0.1) is 6.92 Å². The van der Waals surface area contributed by atoms with Gasteiger partial charge in [0.05, 0.1) is 11.8 Å². The highest BCUT2D eigenvalue weighted by atomic mass is 16.3. The third-order valence-electron chi connectivity index (χ3n) is 2.14. The molecule has 3 heteroatoms. The molecule has 1 amide bonds. The number of hydrogen-bond acceptors (Lipinski definition) is 2. The van der Waals surface area contributed by atoms with Gasteiger partial charge in [0.15, 0.2) is 0 Å². The number of rotatable bonds is 0. The van der Waals surface area contributed by atoms with E-state index >= 15 is 0 Å². The standard InChI is InChI=1S/C9H11NO2/c1-6-5-12-7-3-2-4-10-9(11)8(6)7/h5H,2-4H2,1H3,(H,10,11). The van der Waals surface area contributed by atoms with Crippen molar-refractivity contribution in [3.63, 3.8) is 0 Å². The first-order valence-electron chi connectivity index (χ1n) is 4.14. The van der Waals surface area contributed by atoms with E-state index in [-0.39, 0.29) is 5.91 Å². The predicted molar refractivity (Wildman–Crippen MR) is 44.1 cm³/mol. The van der Waals surface area contributed by atoms with Gasteiger partial charge in [0.2, 0.25) is 0 Å². The highest BCUT2D eigenvalue weighted by molar-refractivity contribution is 5.96. The Hall–Kier alpha value is -1.25. The number of fused-ring (bicyclic) bond motifs is 1. The summed E-state index contributed by atoms with van der Waals surface area (Å²) in [6.45, 7) is 2.65. The van der Waals surface area contributed by atoms with Gasteiger partial charge in [-0.3, -0.25) is 4.79 Å². The van der Waals surface area contributed by atoms with Crippen LogP contribution in [0.25, 0.3) is 0 Å². The van der Waals surface area contributed by atoms with E-state index in [0.29, 0.717) is 0 Å². The average Bonchev–Trinajstić information content (AvgIpc) is 2.29. The number of hydrogen-bond donors (Lipinski definition) is 1. The van der Waals surface area contributed by atoms with E-state index < -0.39 is 0 Å². The fourth-order valence-electron chi connectivity index (χ4n) is 1.53. The van der Waals surface area contributed by atoms with Gasteiger partial charge in [0.25, 0.3) is 5.91 Å². The monoisotopic (exact) mass is 165 g/mol. The van der Waals surface area contributed by atoms with Crippen molar-refractivity contribution < 1.29 is 9.21 Å². The Bertz CT molecular complexity index is 314. The summed E-state index contributed by atoms with van der Waals surface area (Å²) in [6, 6.07) is 0. The van der Waals surface area contributed by atoms with Crippen LogP contribution < -0.4 is 5.32 Å². The summed E-state index contributed by atoms with van der Waals surface area (Å²) in [4.78, 5) is 11.4. The van der Waals surface area contributed by atoms with E-state index in [1.54, 1.807) is 6.26 Å². The van der Waals surface area contributed by atoms with Crippen molar-refractivity contribution in [2.24, 2.45) is 0 Å². The van der Waals surface area contributed by atoms with Crippen molar-refractivity contribution in [1.82, 2.24) is 5.32 Å². The molecular weight excluding hydrogens is 154 g/mol. The van der Waals surface area contributed by atoms with Gasteiger partial charge in [-0.1, -0.05) is 0 Å². The van der Waals surface area contributed by atoms with Crippen LogP contribution >= 0.6 is 0 Å². The first kappa shape index (κ1) is 7.40. The first-order valence-corrected chi connectivity index (χ1v) is 4.14. The summed E-state index contributed by atoms with van der Waals surface area (Å²) in [5.74, 6) is 0.844. The molecule has 0 bridgehead atoms. The lowest BCUT2D eigenvalue weighted by Crippen LogP contribution is -2.22. The SMILES string of the molecule is Cc1coc2c1C(=O)NCCC2. The fraction of sp³-hybridized carbons (Fsp3) is 0.444. The molecule has 1 aliphatic heterocycles. The zero-order valence-electron chi connectivity index (χ0n) is 7.02. The molecule has 0 radical (unpaired) electrons. The Morgan fingerprint density at radius 2 is 2.42 bits per heavy atom. The summed E-state index contributed by atoms with van der Waals surface area (Å²) in [5, 5.41) is 2.83. The Kier molecular flexibility index (Phi) is 1.64. The molecule has 0 fully saturated rings. The largest absolute Gasteiger partial charge is 0.468 e. The number of furan rings is 1. The molecule has 0 saturated heterocycles. The third-order valence-corrected chi connectivity index (χ3v) is 2.14. The maximum Gasteiger partial charge on any atom is 0.255 e. The van der Waals surface area contributed by atoms with Crippen molar-refractivity contribution in [3.05, 3.63) is 23.2 Å². The Morgan fingerprint density at radius 3 is 3.25 bits per heavy atom. The van der Waals surface area contributed by atoms with Crippen LogP contribution in [0.5, 0.6) is 0 Å². The van der Waals surface area contributed by atoms with Crippen LogP contribution in [-0.4, -0.2) is 12.5 Å². The summed E-state index contributed by atoms with van der Waals surface area (Å²) in [7, 11) is 0. The Labute approximate surface area is 70.8 Å². The van der Waals surface area contributed by atoms with Crippen molar-refractivity contribution in [1.29, 1.82) is 0 Å². The second-order valence-electron chi connectivity index (χ2n) is 3.08. The predicted octanol–water partition coefficient (Wildman–Crippen LogP) is 1.26. The van der Waals surface area contributed by atoms with Crippen LogP contribution in [0.4, 0.5) is 0 Å². The van der Waals surface area contributed by atoms with Crippen molar-refractivity contribution in [3.8, 4) is 0 Å². The lowest BCUT2D eigenvalue weighted by atomic mass is 10.1. The molecule has 0 atom stereocenters. The molecule has 3 nitrogen and oxygen atoms in total. The van der Waals surface area contributed by atoms with Crippen LogP contribution in [0.3, 0.4) is 0 Å². The summed E-state index contributed by atoms with van der Waals surface area (Å²) >= 11 is 0. The molecule has 2 heterocycles. The molecule has 0 unspecified atom stereocenters. The quantitative estimate of drug-likeness (QED) is 0.629. The maximum absolute atomic E-state index is 11.4. The molecular formula is C9H11NO2. The average molecular weight is 165 g/mol. The van der Waals surface area contributed by atoms with Gasteiger partial charge >= 0.3 is 0 Å². The lowest BCUT2D eigenvalue weighted by Gasteiger charge is -1.97. The molecule has 1 aliphatic rings. The first-order chi connectivity index (χ1) is 5.79. The van der Waals surface area contributed by atoms with Gasteiger partial charge in [-0.25, -0.2) is 0 Å². The number of carbonyl (C=O) groups is 1. The Balaban J connectivity index is 2.49. The van der Waals surface area contributed by atoms with Crippen LogP contribution in [-0.2, 0) is 6.42 Å². The number of carbonyl (C=O) groups excluding carboxylic acids is 1. The van der Waals surface area contributed by atoms with Gasteiger partial charge in [0.1, 0.15) is 5.76 Å². The van der Waals surface area contributed by atoms with E-state index in [1.165, 1.54) is 0 Å². The highest BCUT2D eigenvalue weighted by Crippen LogP contribution is 2.19.